The second-order valence-corrected chi connectivity index (χ2v) is 12.3. The van der Waals surface area contributed by atoms with Crippen LogP contribution in [0.1, 0.15) is 25.8 Å². The highest BCUT2D eigenvalue weighted by atomic mass is 33.1. The normalized spacial score (nSPS) is 24.3. The number of aromatic hydroxyl groups is 1. The third-order valence-electron chi connectivity index (χ3n) is 5.75. The molecule has 9 N–H and O–H groups in total. The molecule has 0 saturated carbocycles. The van der Waals surface area contributed by atoms with E-state index < -0.39 is 72.8 Å². The summed E-state index contributed by atoms with van der Waals surface area (Å²) in [5.74, 6) is -4.63. The third-order valence-corrected chi connectivity index (χ3v) is 8.20. The van der Waals surface area contributed by atoms with Gasteiger partial charge in [0.25, 0.3) is 0 Å². The van der Waals surface area contributed by atoms with Crippen LogP contribution in [0.4, 0.5) is 0 Å². The van der Waals surface area contributed by atoms with Gasteiger partial charge in [-0.15, -0.1) is 0 Å². The first-order chi connectivity index (χ1) is 19.3. The van der Waals surface area contributed by atoms with Crippen molar-refractivity contribution in [2.24, 2.45) is 11.7 Å². The van der Waals surface area contributed by atoms with Gasteiger partial charge in [-0.2, -0.15) is 0 Å². The SMILES string of the molecule is CC(C)C[C@@H]1NC(=O)CNC(=O)[C@H](Cc2ccc(O)cc2)NC(=O)CNC(=O)[C@@H](N)CSSC[C@@H](C(=O)O)NC1=O. The molecule has 1 aromatic carbocycles. The molecule has 16 heteroatoms. The molecule has 0 bridgehead atoms. The summed E-state index contributed by atoms with van der Waals surface area (Å²) in [5, 5.41) is 31.4. The van der Waals surface area contributed by atoms with Crippen molar-refractivity contribution in [3.63, 3.8) is 0 Å². The third kappa shape index (κ3) is 12.3. The summed E-state index contributed by atoms with van der Waals surface area (Å²) < 4.78 is 0. The molecule has 1 saturated heterocycles. The zero-order valence-electron chi connectivity index (χ0n) is 22.7. The second-order valence-electron chi connectivity index (χ2n) is 9.75. The minimum Gasteiger partial charge on any atom is -0.508 e. The van der Waals surface area contributed by atoms with E-state index >= 15 is 0 Å². The van der Waals surface area contributed by atoms with E-state index in [4.69, 9.17) is 5.73 Å². The zero-order chi connectivity index (χ0) is 30.5. The molecule has 0 aliphatic carbocycles. The van der Waals surface area contributed by atoms with Gasteiger partial charge in [0.1, 0.15) is 23.9 Å². The maximum atomic E-state index is 13.0. The number of phenolic OH excluding ortho intramolecular Hbond substituents is 1. The van der Waals surface area contributed by atoms with E-state index in [1.165, 1.54) is 12.1 Å². The van der Waals surface area contributed by atoms with Crippen molar-refractivity contribution < 1.29 is 39.0 Å². The Balaban J connectivity index is 2.25. The molecule has 2 rings (SSSR count). The summed E-state index contributed by atoms with van der Waals surface area (Å²) in [6.45, 7) is 2.67. The molecule has 1 heterocycles. The number of phenols is 1. The molecule has 1 fully saturated rings. The Hall–Kier alpha value is -3.50. The molecule has 0 radical (unpaired) electrons. The van der Waals surface area contributed by atoms with Crippen molar-refractivity contribution in [1.29, 1.82) is 0 Å². The molecule has 41 heavy (non-hydrogen) atoms. The van der Waals surface area contributed by atoms with Gasteiger partial charge < -0.3 is 42.5 Å². The standard InChI is InChI=1S/C25H36N6O8S2/c1-13(2)7-17-24(37)31-19(25(38)39)12-41-40-11-16(26)22(35)27-9-20(33)30-18(23(36)28-10-21(34)29-17)8-14-3-5-15(32)6-4-14/h3-6,13,16-19,32H,7-12,26H2,1-2H3,(H,27,35)(H,28,36)(H,29,34)(H,30,33)(H,31,37)(H,38,39)/t16-,17-,18-,19-/m0/s1. The minimum absolute atomic E-state index is 0.00968. The number of amides is 5. The van der Waals surface area contributed by atoms with Gasteiger partial charge in [0.15, 0.2) is 0 Å². The monoisotopic (exact) mass is 612 g/mol. The fraction of sp³-hybridized carbons (Fsp3) is 0.520. The summed E-state index contributed by atoms with van der Waals surface area (Å²) in [4.78, 5) is 75.3. The van der Waals surface area contributed by atoms with Gasteiger partial charge in [-0.3, -0.25) is 24.0 Å². The summed E-state index contributed by atoms with van der Waals surface area (Å²) in [7, 11) is 2.22. The highest BCUT2D eigenvalue weighted by Crippen LogP contribution is 2.23. The summed E-state index contributed by atoms with van der Waals surface area (Å²) in [6.07, 6.45) is 0.221. The van der Waals surface area contributed by atoms with Crippen LogP contribution in [0, 0.1) is 5.92 Å². The average molecular weight is 613 g/mol. The topological polar surface area (TPSA) is 229 Å². The van der Waals surface area contributed by atoms with E-state index in [0.717, 1.165) is 21.6 Å². The van der Waals surface area contributed by atoms with Crippen LogP contribution in [0.2, 0.25) is 0 Å². The lowest BCUT2D eigenvalue weighted by atomic mass is 10.0. The van der Waals surface area contributed by atoms with Gasteiger partial charge in [-0.25, -0.2) is 4.79 Å². The largest absolute Gasteiger partial charge is 0.508 e. The maximum absolute atomic E-state index is 13.0. The minimum atomic E-state index is -1.27. The molecule has 1 aliphatic rings. The van der Waals surface area contributed by atoms with E-state index in [-0.39, 0.29) is 36.0 Å². The van der Waals surface area contributed by atoms with E-state index in [0.29, 0.717) is 5.56 Å². The van der Waals surface area contributed by atoms with Gasteiger partial charge in [0.05, 0.1) is 19.1 Å². The maximum Gasteiger partial charge on any atom is 0.327 e. The number of carbonyl (C=O) groups is 6. The molecule has 14 nitrogen and oxygen atoms in total. The summed E-state index contributed by atoms with van der Waals surface area (Å²) in [6, 6.07) is 1.48. The van der Waals surface area contributed by atoms with Gasteiger partial charge >= 0.3 is 5.97 Å². The van der Waals surface area contributed by atoms with Crippen LogP contribution in [0.3, 0.4) is 0 Å². The molecule has 0 aromatic heterocycles. The number of aliphatic carboxylic acids is 1. The molecule has 4 atom stereocenters. The molecule has 1 aromatic rings. The van der Waals surface area contributed by atoms with Gasteiger partial charge in [0.2, 0.25) is 29.5 Å². The van der Waals surface area contributed by atoms with Crippen molar-refractivity contribution in [2.75, 3.05) is 24.6 Å². The molecule has 5 amide bonds. The number of nitrogens with two attached hydrogens (primary N) is 1. The smallest absolute Gasteiger partial charge is 0.327 e. The quantitative estimate of drug-likeness (QED) is 0.178. The first-order valence-corrected chi connectivity index (χ1v) is 15.3. The van der Waals surface area contributed by atoms with Crippen LogP contribution in [0.5, 0.6) is 5.75 Å². The Morgan fingerprint density at radius 3 is 2.02 bits per heavy atom. The van der Waals surface area contributed by atoms with E-state index in [1.807, 2.05) is 13.8 Å². The lowest BCUT2D eigenvalue weighted by molar-refractivity contribution is -0.141. The van der Waals surface area contributed by atoms with Crippen LogP contribution in [-0.4, -0.2) is 94.5 Å². The zero-order valence-corrected chi connectivity index (χ0v) is 24.3. The van der Waals surface area contributed by atoms with E-state index in [2.05, 4.69) is 26.6 Å². The van der Waals surface area contributed by atoms with Crippen molar-refractivity contribution in [1.82, 2.24) is 26.6 Å². The fourth-order valence-corrected chi connectivity index (χ4v) is 5.90. The molecule has 226 valence electrons. The first kappa shape index (κ1) is 33.7. The van der Waals surface area contributed by atoms with Crippen LogP contribution < -0.4 is 32.3 Å². The number of hydrogen-bond acceptors (Lipinski definition) is 10. The van der Waals surface area contributed by atoms with Gasteiger partial charge in [0, 0.05) is 17.9 Å². The number of nitrogens with one attached hydrogen (secondary N) is 5. The number of benzene rings is 1. The van der Waals surface area contributed by atoms with Crippen molar-refractivity contribution >= 4 is 57.1 Å². The molecule has 0 spiro atoms. The lowest BCUT2D eigenvalue weighted by Crippen LogP contribution is -2.55. The van der Waals surface area contributed by atoms with Crippen molar-refractivity contribution in [3.8, 4) is 5.75 Å². The van der Waals surface area contributed by atoms with Gasteiger partial charge in [-0.05, 0) is 30.0 Å². The van der Waals surface area contributed by atoms with Gasteiger partial charge in [-0.1, -0.05) is 47.6 Å². The summed E-state index contributed by atoms with van der Waals surface area (Å²) >= 11 is 0. The number of carboxylic acids is 1. The van der Waals surface area contributed by atoms with Crippen molar-refractivity contribution in [2.45, 2.75) is 50.9 Å². The molecular weight excluding hydrogens is 576 g/mol. The second kappa shape index (κ2) is 16.7. The van der Waals surface area contributed by atoms with Crippen molar-refractivity contribution in [3.05, 3.63) is 29.8 Å². The Morgan fingerprint density at radius 2 is 1.44 bits per heavy atom. The van der Waals surface area contributed by atoms with E-state index in [9.17, 15) is 39.0 Å². The highest BCUT2D eigenvalue weighted by Gasteiger charge is 2.29. The predicted molar refractivity (Wildman–Crippen MR) is 154 cm³/mol. The number of rotatable bonds is 5. The Kier molecular flexibility index (Phi) is 13.7. The fourth-order valence-electron chi connectivity index (χ4n) is 3.62. The van der Waals surface area contributed by atoms with Crippen LogP contribution in [0.25, 0.3) is 0 Å². The van der Waals surface area contributed by atoms with Crippen LogP contribution in [0.15, 0.2) is 24.3 Å². The predicted octanol–water partition coefficient (Wildman–Crippen LogP) is -1.53. The number of carbonyl (C=O) groups excluding carboxylic acids is 5. The lowest BCUT2D eigenvalue weighted by Gasteiger charge is -2.23. The average Bonchev–Trinajstić information content (AvgIpc) is 2.91. The number of hydrogen-bond donors (Lipinski definition) is 8. The Morgan fingerprint density at radius 1 is 0.878 bits per heavy atom. The Labute approximate surface area is 245 Å². The highest BCUT2D eigenvalue weighted by molar-refractivity contribution is 8.76. The summed E-state index contributed by atoms with van der Waals surface area (Å²) in [5.41, 5.74) is 6.48. The Bertz CT molecular complexity index is 1100. The molecule has 1 aliphatic heterocycles. The first-order valence-electron chi connectivity index (χ1n) is 12.8. The van der Waals surface area contributed by atoms with E-state index in [1.54, 1.807) is 12.1 Å². The molecule has 0 unspecified atom stereocenters. The van der Waals surface area contributed by atoms with Crippen LogP contribution >= 0.6 is 21.6 Å². The molecular formula is C25H36N6O8S2. The van der Waals surface area contributed by atoms with Crippen LogP contribution in [-0.2, 0) is 35.2 Å². The number of carboxylic acid groups (broad SMARTS) is 1.